The molecule has 4 heterocycles. The zero-order valence-electron chi connectivity index (χ0n) is 24.3. The van der Waals surface area contributed by atoms with E-state index in [1.807, 2.05) is 18.2 Å². The van der Waals surface area contributed by atoms with Crippen molar-refractivity contribution in [2.75, 3.05) is 70.9 Å². The molecular weight excluding hydrogens is 552 g/mol. The molecule has 0 spiro atoms. The van der Waals surface area contributed by atoms with Crippen molar-refractivity contribution in [1.82, 2.24) is 24.7 Å². The Balaban J connectivity index is 1.15. The average Bonchev–Trinajstić information content (AvgIpc) is 3.50. The van der Waals surface area contributed by atoms with Gasteiger partial charge in [-0.1, -0.05) is 54.2 Å². The molecule has 10 nitrogen and oxygen atoms in total. The molecule has 0 bridgehead atoms. The predicted molar refractivity (Wildman–Crippen MR) is 163 cm³/mol. The van der Waals surface area contributed by atoms with Gasteiger partial charge in [-0.25, -0.2) is 9.97 Å². The van der Waals surface area contributed by atoms with Crippen LogP contribution in [0, 0.1) is 0 Å². The second-order valence-corrected chi connectivity index (χ2v) is 11.3. The van der Waals surface area contributed by atoms with Crippen LogP contribution in [-0.2, 0) is 21.9 Å². The first kappa shape index (κ1) is 29.8. The lowest BCUT2D eigenvalue weighted by Gasteiger charge is -2.35. The molecule has 0 aliphatic carbocycles. The van der Waals surface area contributed by atoms with E-state index in [1.54, 1.807) is 29.9 Å². The fourth-order valence-electron chi connectivity index (χ4n) is 5.06. The van der Waals surface area contributed by atoms with E-state index in [1.165, 1.54) is 17.3 Å². The molecule has 2 aliphatic heterocycles. The molecule has 2 aromatic heterocycles. The number of carbonyl (C=O) groups excluding carboxylic acids is 2. The molecule has 222 valence electrons. The van der Waals surface area contributed by atoms with Crippen LogP contribution in [0.5, 0.6) is 0 Å². The Kier molecular flexibility index (Phi) is 10.3. The van der Waals surface area contributed by atoms with Crippen molar-refractivity contribution in [1.29, 1.82) is 0 Å². The monoisotopic (exact) mass is 590 g/mol. The van der Waals surface area contributed by atoms with Crippen LogP contribution in [0.3, 0.4) is 0 Å². The Bertz CT molecular complexity index is 1360. The third-order valence-electron chi connectivity index (χ3n) is 7.44. The molecule has 0 saturated carbocycles. The summed E-state index contributed by atoms with van der Waals surface area (Å²) in [5.41, 5.74) is 2.05. The van der Waals surface area contributed by atoms with E-state index in [9.17, 15) is 9.59 Å². The van der Waals surface area contributed by atoms with Crippen LogP contribution in [-0.4, -0.2) is 102 Å². The number of amides is 2. The Morgan fingerprint density at radius 1 is 0.952 bits per heavy atom. The molecule has 42 heavy (non-hydrogen) atoms. The summed E-state index contributed by atoms with van der Waals surface area (Å²) in [6, 6.07) is 15.9. The smallest absolute Gasteiger partial charge is 0.289 e. The van der Waals surface area contributed by atoms with Crippen molar-refractivity contribution in [2.24, 2.45) is 0 Å². The first-order valence-corrected chi connectivity index (χ1v) is 15.3. The number of piperazine rings is 2. The van der Waals surface area contributed by atoms with E-state index in [0.29, 0.717) is 55.2 Å². The molecule has 2 amide bonds. The van der Waals surface area contributed by atoms with Gasteiger partial charge < -0.3 is 23.9 Å². The highest BCUT2D eigenvalue weighted by Crippen LogP contribution is 2.25. The Hall–Kier alpha value is -3.67. The number of carbonyl (C=O) groups is 2. The summed E-state index contributed by atoms with van der Waals surface area (Å²) in [6.45, 7) is 8.66. The van der Waals surface area contributed by atoms with Crippen molar-refractivity contribution >= 4 is 35.5 Å². The van der Waals surface area contributed by atoms with Gasteiger partial charge in [-0.2, -0.15) is 0 Å². The Morgan fingerprint density at radius 3 is 2.40 bits per heavy atom. The fraction of sp³-hybridized carbons (Fsp3) is 0.419. The molecule has 11 heteroatoms. The summed E-state index contributed by atoms with van der Waals surface area (Å²) in [6.07, 6.45) is 4.40. The van der Waals surface area contributed by atoms with Crippen molar-refractivity contribution in [3.05, 3.63) is 77.4 Å². The van der Waals surface area contributed by atoms with Crippen molar-refractivity contribution in [2.45, 2.75) is 24.4 Å². The van der Waals surface area contributed by atoms with Crippen LogP contribution in [0.15, 0.2) is 64.2 Å². The molecule has 2 fully saturated rings. The van der Waals surface area contributed by atoms with Gasteiger partial charge >= 0.3 is 0 Å². The lowest BCUT2D eigenvalue weighted by atomic mass is 10.2. The van der Waals surface area contributed by atoms with Crippen molar-refractivity contribution in [3.8, 4) is 0 Å². The number of hydrogen-bond donors (Lipinski definition) is 0. The van der Waals surface area contributed by atoms with Gasteiger partial charge in [0.05, 0.1) is 18.1 Å². The van der Waals surface area contributed by atoms with E-state index in [2.05, 4.69) is 51.2 Å². The van der Waals surface area contributed by atoms with Crippen LogP contribution >= 0.6 is 11.8 Å². The van der Waals surface area contributed by atoms with Crippen LogP contribution in [0.25, 0.3) is 6.08 Å². The van der Waals surface area contributed by atoms with Gasteiger partial charge in [0.15, 0.2) is 10.9 Å². The number of methoxy groups -OCH3 is 1. The molecule has 0 radical (unpaired) electrons. The number of hydrogen-bond acceptors (Lipinski definition) is 9. The Labute approximate surface area is 251 Å². The van der Waals surface area contributed by atoms with E-state index in [0.717, 1.165) is 44.2 Å². The van der Waals surface area contributed by atoms with Crippen molar-refractivity contribution in [3.63, 3.8) is 0 Å². The summed E-state index contributed by atoms with van der Waals surface area (Å²) in [4.78, 5) is 42.3. The number of anilines is 1. The standard InChI is InChI=1S/C31H38N6O4S/c1-24(38)35-17-19-37(20-18-35)30(39)28-11-10-27(41-28)23-42-31-32-26(22-40-2)21-29(33-31)36-15-13-34(14-16-36)12-6-9-25-7-4-3-5-8-25/h3-11,21H,12-20,22-23H2,1-2H3/b9-6+. The van der Waals surface area contributed by atoms with Crippen molar-refractivity contribution < 1.29 is 18.7 Å². The van der Waals surface area contributed by atoms with Gasteiger partial charge in [0.2, 0.25) is 5.91 Å². The van der Waals surface area contributed by atoms with Crippen LogP contribution in [0.4, 0.5) is 5.82 Å². The van der Waals surface area contributed by atoms with Gasteiger partial charge in [0.25, 0.3) is 5.91 Å². The lowest BCUT2D eigenvalue weighted by molar-refractivity contribution is -0.130. The molecule has 2 saturated heterocycles. The second kappa shape index (κ2) is 14.5. The quantitative estimate of drug-likeness (QED) is 0.259. The van der Waals surface area contributed by atoms with Crippen LogP contribution in [0.2, 0.25) is 0 Å². The predicted octanol–water partition coefficient (Wildman–Crippen LogP) is 3.65. The van der Waals surface area contributed by atoms with E-state index in [-0.39, 0.29) is 11.8 Å². The van der Waals surface area contributed by atoms with Gasteiger partial charge in [0.1, 0.15) is 11.6 Å². The van der Waals surface area contributed by atoms with Crippen LogP contribution in [0.1, 0.15) is 34.5 Å². The maximum absolute atomic E-state index is 12.9. The minimum absolute atomic E-state index is 0.0357. The summed E-state index contributed by atoms with van der Waals surface area (Å²) < 4.78 is 11.3. The lowest BCUT2D eigenvalue weighted by Crippen LogP contribution is -2.50. The average molecular weight is 591 g/mol. The van der Waals surface area contributed by atoms with Gasteiger partial charge in [-0.3, -0.25) is 14.5 Å². The molecule has 3 aromatic rings. The van der Waals surface area contributed by atoms with E-state index >= 15 is 0 Å². The maximum Gasteiger partial charge on any atom is 0.289 e. The minimum Gasteiger partial charge on any atom is -0.455 e. The zero-order valence-corrected chi connectivity index (χ0v) is 25.1. The molecule has 0 N–H and O–H groups in total. The largest absolute Gasteiger partial charge is 0.455 e. The Morgan fingerprint density at radius 2 is 1.69 bits per heavy atom. The minimum atomic E-state index is -0.148. The summed E-state index contributed by atoms with van der Waals surface area (Å²) in [7, 11) is 1.66. The second-order valence-electron chi connectivity index (χ2n) is 10.4. The summed E-state index contributed by atoms with van der Waals surface area (Å²) in [5, 5.41) is 0.650. The number of benzene rings is 1. The summed E-state index contributed by atoms with van der Waals surface area (Å²) >= 11 is 1.48. The molecular formula is C31H38N6O4S. The highest BCUT2D eigenvalue weighted by molar-refractivity contribution is 7.98. The highest BCUT2D eigenvalue weighted by Gasteiger charge is 2.25. The highest BCUT2D eigenvalue weighted by atomic mass is 32.2. The maximum atomic E-state index is 12.9. The molecule has 5 rings (SSSR count). The topological polar surface area (TPSA) is 95.2 Å². The number of nitrogens with zero attached hydrogens (tertiary/aromatic N) is 6. The fourth-order valence-corrected chi connectivity index (χ4v) is 5.82. The van der Waals surface area contributed by atoms with E-state index in [4.69, 9.17) is 14.1 Å². The van der Waals surface area contributed by atoms with Gasteiger partial charge in [-0.05, 0) is 17.7 Å². The SMILES string of the molecule is COCc1cc(N2CCN(C/C=C/c3ccccc3)CC2)nc(SCc2ccc(C(=O)N3CCN(C(C)=O)CC3)o2)n1. The molecule has 0 unspecified atom stereocenters. The normalized spacial score (nSPS) is 16.4. The van der Waals surface area contributed by atoms with Crippen LogP contribution < -0.4 is 4.90 Å². The molecule has 1 aromatic carbocycles. The third kappa shape index (κ3) is 7.99. The first-order chi connectivity index (χ1) is 20.5. The number of aromatic nitrogens is 2. The first-order valence-electron chi connectivity index (χ1n) is 14.3. The molecule has 0 atom stereocenters. The van der Waals surface area contributed by atoms with Gasteiger partial charge in [0, 0.05) is 79.0 Å². The number of ether oxygens (including phenoxy) is 1. The zero-order chi connectivity index (χ0) is 29.3. The number of rotatable bonds is 10. The number of thioether (sulfide) groups is 1. The van der Waals surface area contributed by atoms with Gasteiger partial charge in [-0.15, -0.1) is 0 Å². The molecule has 2 aliphatic rings. The van der Waals surface area contributed by atoms with E-state index < -0.39 is 0 Å². The third-order valence-corrected chi connectivity index (χ3v) is 8.30. The summed E-state index contributed by atoms with van der Waals surface area (Å²) in [5.74, 6) is 2.29. The number of furan rings is 1.